The molecule has 0 radical (unpaired) electrons. The van der Waals surface area contributed by atoms with Gasteiger partial charge in [-0.15, -0.1) is 0 Å². The fourth-order valence-corrected chi connectivity index (χ4v) is 4.31. The van der Waals surface area contributed by atoms with Gasteiger partial charge in [-0.1, -0.05) is 12.1 Å². The Morgan fingerprint density at radius 2 is 1.65 bits per heavy atom. The molecule has 1 aliphatic heterocycles. The number of aryl methyl sites for hydroxylation is 2. The molecule has 0 bridgehead atoms. The van der Waals surface area contributed by atoms with Crippen LogP contribution in [-0.4, -0.2) is 37.1 Å². The normalized spacial score (nSPS) is 12.0. The number of ketones is 1. The van der Waals surface area contributed by atoms with E-state index in [9.17, 15) is 14.4 Å². The monoisotopic (exact) mass is 497 g/mol. The lowest BCUT2D eigenvalue weighted by Gasteiger charge is -2.15. The maximum Gasteiger partial charge on any atom is 0.244 e. The third kappa shape index (κ3) is 4.65. The number of carbonyl (C=O) groups excluding carboxylic acids is 2. The largest absolute Gasteiger partial charge is 0.454 e. The summed E-state index contributed by atoms with van der Waals surface area (Å²) in [7, 11) is 3.88. The van der Waals surface area contributed by atoms with Gasteiger partial charge < -0.3 is 24.3 Å². The Bertz CT molecular complexity index is 1600. The van der Waals surface area contributed by atoms with Crippen LogP contribution in [0, 0.1) is 13.8 Å². The summed E-state index contributed by atoms with van der Waals surface area (Å²) in [5.41, 5.74) is 4.11. The lowest BCUT2D eigenvalue weighted by molar-refractivity contribution is -0.116. The van der Waals surface area contributed by atoms with Crippen molar-refractivity contribution in [2.24, 2.45) is 0 Å². The summed E-state index contributed by atoms with van der Waals surface area (Å²) in [6, 6.07) is 16.0. The molecule has 0 saturated heterocycles. The standard InChI is InChI=1S/C29H27N3O5/c1-17-5-6-19(11-18(17)2)28(34)23-14-32(15-27(33)30-20-7-9-21(10-8-20)31(3)4)24-13-26-25(36-16-37-26)12-22(24)29(23)35/h5-14H,15-16H2,1-4H3,(H,30,33). The Kier molecular flexibility index (Phi) is 6.17. The van der Waals surface area contributed by atoms with Crippen LogP contribution < -0.4 is 25.1 Å². The smallest absolute Gasteiger partial charge is 0.244 e. The zero-order valence-electron chi connectivity index (χ0n) is 21.1. The van der Waals surface area contributed by atoms with Crippen molar-refractivity contribution in [2.75, 3.05) is 31.1 Å². The Labute approximate surface area is 214 Å². The molecule has 4 aromatic rings. The van der Waals surface area contributed by atoms with Gasteiger partial charge in [-0.05, 0) is 61.4 Å². The molecule has 188 valence electrons. The van der Waals surface area contributed by atoms with Gasteiger partial charge in [0.15, 0.2) is 17.3 Å². The van der Waals surface area contributed by atoms with Crippen LogP contribution in [0.5, 0.6) is 11.5 Å². The van der Waals surface area contributed by atoms with E-state index in [4.69, 9.17) is 9.47 Å². The van der Waals surface area contributed by atoms with Crippen LogP contribution in [0.4, 0.5) is 11.4 Å². The second-order valence-electron chi connectivity index (χ2n) is 9.34. The average molecular weight is 498 g/mol. The Morgan fingerprint density at radius 1 is 0.946 bits per heavy atom. The number of nitrogens with zero attached hydrogens (tertiary/aromatic N) is 2. The van der Waals surface area contributed by atoms with E-state index in [-0.39, 0.29) is 30.2 Å². The first-order valence-electron chi connectivity index (χ1n) is 11.9. The van der Waals surface area contributed by atoms with Crippen molar-refractivity contribution in [1.82, 2.24) is 4.57 Å². The van der Waals surface area contributed by atoms with E-state index in [1.54, 1.807) is 28.8 Å². The fraction of sp³-hybridized carbons (Fsp3) is 0.207. The highest BCUT2D eigenvalue weighted by molar-refractivity contribution is 6.10. The maximum absolute atomic E-state index is 13.5. The summed E-state index contributed by atoms with van der Waals surface area (Å²) in [6.07, 6.45) is 1.46. The van der Waals surface area contributed by atoms with E-state index in [1.165, 1.54) is 6.20 Å². The Morgan fingerprint density at radius 3 is 2.32 bits per heavy atom. The van der Waals surface area contributed by atoms with Gasteiger partial charge in [0.2, 0.25) is 18.1 Å². The SMILES string of the molecule is Cc1ccc(C(=O)c2cn(CC(=O)Nc3ccc(N(C)C)cc3)c3cc4c(cc3c2=O)OCO4)cc1C. The fourth-order valence-electron chi connectivity index (χ4n) is 4.31. The summed E-state index contributed by atoms with van der Waals surface area (Å²) in [6.45, 7) is 3.81. The van der Waals surface area contributed by atoms with Gasteiger partial charge in [-0.2, -0.15) is 0 Å². The zero-order chi connectivity index (χ0) is 26.3. The van der Waals surface area contributed by atoms with Gasteiger partial charge in [-0.25, -0.2) is 0 Å². The lowest BCUT2D eigenvalue weighted by Crippen LogP contribution is -2.24. The summed E-state index contributed by atoms with van der Waals surface area (Å²) < 4.78 is 12.6. The number of rotatable bonds is 6. The van der Waals surface area contributed by atoms with Crippen molar-refractivity contribution in [3.8, 4) is 11.5 Å². The van der Waals surface area contributed by atoms with Gasteiger partial charge in [0.05, 0.1) is 16.5 Å². The molecule has 37 heavy (non-hydrogen) atoms. The molecule has 0 aliphatic carbocycles. The van der Waals surface area contributed by atoms with Gasteiger partial charge in [0.1, 0.15) is 6.54 Å². The third-order valence-electron chi connectivity index (χ3n) is 6.57. The number of carbonyl (C=O) groups is 2. The number of pyridine rings is 1. The number of amides is 1. The first-order valence-corrected chi connectivity index (χ1v) is 11.9. The summed E-state index contributed by atoms with van der Waals surface area (Å²) >= 11 is 0. The van der Waals surface area contributed by atoms with E-state index >= 15 is 0 Å². The number of benzene rings is 3. The minimum absolute atomic E-state index is 0.0160. The average Bonchev–Trinajstić information content (AvgIpc) is 3.34. The molecule has 0 fully saturated rings. The Hall–Kier alpha value is -4.59. The summed E-state index contributed by atoms with van der Waals surface area (Å²) in [5.74, 6) is 0.205. The van der Waals surface area contributed by atoms with Gasteiger partial charge >= 0.3 is 0 Å². The van der Waals surface area contributed by atoms with Gasteiger partial charge in [0, 0.05) is 43.3 Å². The number of hydrogen-bond donors (Lipinski definition) is 1. The molecule has 0 atom stereocenters. The zero-order valence-corrected chi connectivity index (χ0v) is 21.1. The summed E-state index contributed by atoms with van der Waals surface area (Å²) in [5, 5.41) is 3.16. The van der Waals surface area contributed by atoms with Crippen molar-refractivity contribution in [2.45, 2.75) is 20.4 Å². The predicted octanol–water partition coefficient (Wildman–Crippen LogP) is 4.28. The molecule has 1 aromatic heterocycles. The number of anilines is 2. The van der Waals surface area contributed by atoms with Crippen LogP contribution >= 0.6 is 0 Å². The molecule has 1 aliphatic rings. The molecular weight excluding hydrogens is 470 g/mol. The quantitative estimate of drug-likeness (QED) is 0.400. The number of nitrogens with one attached hydrogen (secondary N) is 1. The molecule has 3 aromatic carbocycles. The highest BCUT2D eigenvalue weighted by Gasteiger charge is 2.22. The predicted molar refractivity (Wildman–Crippen MR) is 143 cm³/mol. The van der Waals surface area contributed by atoms with Crippen molar-refractivity contribution in [1.29, 1.82) is 0 Å². The first-order chi connectivity index (χ1) is 17.7. The summed E-state index contributed by atoms with van der Waals surface area (Å²) in [4.78, 5) is 41.9. The van der Waals surface area contributed by atoms with Crippen molar-refractivity contribution in [3.63, 3.8) is 0 Å². The minimum atomic E-state index is -0.424. The maximum atomic E-state index is 13.5. The van der Waals surface area contributed by atoms with E-state index in [0.717, 1.165) is 16.8 Å². The van der Waals surface area contributed by atoms with Crippen molar-refractivity contribution >= 4 is 34.0 Å². The second-order valence-corrected chi connectivity index (χ2v) is 9.34. The van der Waals surface area contributed by atoms with Crippen LogP contribution in [0.3, 0.4) is 0 Å². The molecule has 1 amide bonds. The van der Waals surface area contributed by atoms with E-state index in [2.05, 4.69) is 5.32 Å². The molecule has 8 nitrogen and oxygen atoms in total. The number of aromatic nitrogens is 1. The van der Waals surface area contributed by atoms with Crippen LogP contribution in [0.2, 0.25) is 0 Å². The lowest BCUT2D eigenvalue weighted by atomic mass is 9.98. The topological polar surface area (TPSA) is 89.9 Å². The Balaban J connectivity index is 1.55. The van der Waals surface area contributed by atoms with Crippen LogP contribution in [0.25, 0.3) is 10.9 Å². The van der Waals surface area contributed by atoms with Gasteiger partial charge in [-0.3, -0.25) is 14.4 Å². The second kappa shape index (κ2) is 9.46. The van der Waals surface area contributed by atoms with Crippen molar-refractivity contribution < 1.29 is 19.1 Å². The van der Waals surface area contributed by atoms with Gasteiger partial charge in [0.25, 0.3) is 0 Å². The molecule has 5 rings (SSSR count). The minimum Gasteiger partial charge on any atom is -0.454 e. The molecule has 8 heteroatoms. The van der Waals surface area contributed by atoms with Crippen molar-refractivity contribution in [3.05, 3.63) is 93.3 Å². The van der Waals surface area contributed by atoms with E-state index < -0.39 is 11.2 Å². The van der Waals surface area contributed by atoms with Crippen LogP contribution in [0.1, 0.15) is 27.0 Å². The first kappa shape index (κ1) is 24.1. The van der Waals surface area contributed by atoms with E-state index in [1.807, 2.05) is 63.2 Å². The molecule has 0 spiro atoms. The highest BCUT2D eigenvalue weighted by Crippen LogP contribution is 2.35. The number of ether oxygens (including phenoxy) is 2. The molecule has 0 unspecified atom stereocenters. The molecule has 2 heterocycles. The molecule has 1 N–H and O–H groups in total. The molecular formula is C29H27N3O5. The van der Waals surface area contributed by atoms with Crippen LogP contribution in [-0.2, 0) is 11.3 Å². The highest BCUT2D eigenvalue weighted by atomic mass is 16.7. The van der Waals surface area contributed by atoms with Crippen LogP contribution in [0.15, 0.2) is 65.6 Å². The number of fused-ring (bicyclic) bond motifs is 2. The molecule has 0 saturated carbocycles. The van der Waals surface area contributed by atoms with E-state index in [0.29, 0.717) is 28.3 Å². The third-order valence-corrected chi connectivity index (χ3v) is 6.57. The number of hydrogen-bond acceptors (Lipinski definition) is 6.